The van der Waals surface area contributed by atoms with Crippen LogP contribution < -0.4 is 5.32 Å². The normalized spacial score (nSPS) is 38.4. The largest absolute Gasteiger partial charge is 0.323 e. The van der Waals surface area contributed by atoms with E-state index in [9.17, 15) is 4.79 Å². The molecule has 1 N–H and O–H groups in total. The molecule has 2 rings (SSSR count). The molecule has 1 aliphatic carbocycles. The third kappa shape index (κ3) is 2.48. The highest BCUT2D eigenvalue weighted by molar-refractivity contribution is 7.99. The van der Waals surface area contributed by atoms with Crippen molar-refractivity contribution in [3.8, 4) is 0 Å². The highest BCUT2D eigenvalue weighted by atomic mass is 32.2. The van der Waals surface area contributed by atoms with E-state index in [0.29, 0.717) is 17.9 Å². The summed E-state index contributed by atoms with van der Waals surface area (Å²) >= 11 is 1.95. The third-order valence-electron chi connectivity index (χ3n) is 4.06. The Hall–Kier alpha value is -0.220. The first-order valence-corrected chi connectivity index (χ1v) is 7.94. The fourth-order valence-corrected chi connectivity index (χ4v) is 3.86. The molecule has 0 aromatic carbocycles. The van der Waals surface area contributed by atoms with Crippen LogP contribution in [0.4, 0.5) is 0 Å². The molecule has 0 radical (unpaired) electrons. The smallest absolute Gasteiger partial charge is 0.240 e. The van der Waals surface area contributed by atoms with E-state index in [0.717, 1.165) is 5.25 Å². The van der Waals surface area contributed by atoms with Gasteiger partial charge in [0.1, 0.15) is 0 Å². The van der Waals surface area contributed by atoms with Gasteiger partial charge in [0, 0.05) is 11.3 Å². The quantitative estimate of drug-likeness (QED) is 0.839. The summed E-state index contributed by atoms with van der Waals surface area (Å²) in [4.78, 5) is 14.4. The molecular formula is C13H24N2OS. The molecule has 1 saturated heterocycles. The van der Waals surface area contributed by atoms with E-state index in [1.165, 1.54) is 19.3 Å². The van der Waals surface area contributed by atoms with E-state index in [2.05, 4.69) is 30.3 Å². The number of amides is 1. The van der Waals surface area contributed by atoms with Crippen LogP contribution in [0.1, 0.15) is 40.0 Å². The van der Waals surface area contributed by atoms with Gasteiger partial charge in [-0.05, 0) is 38.4 Å². The molecule has 4 unspecified atom stereocenters. The molecule has 1 saturated carbocycles. The van der Waals surface area contributed by atoms with Gasteiger partial charge in [0.05, 0.1) is 12.2 Å². The highest BCUT2D eigenvalue weighted by Crippen LogP contribution is 2.34. The maximum absolute atomic E-state index is 12.3. The zero-order valence-electron chi connectivity index (χ0n) is 11.3. The molecule has 1 heterocycles. The van der Waals surface area contributed by atoms with Gasteiger partial charge in [0.25, 0.3) is 0 Å². The lowest BCUT2D eigenvalue weighted by molar-refractivity contribution is -0.132. The van der Waals surface area contributed by atoms with Crippen LogP contribution in [0.25, 0.3) is 0 Å². The summed E-state index contributed by atoms with van der Waals surface area (Å²) in [6, 6.07) is 0.459. The molecule has 3 nitrogen and oxygen atoms in total. The maximum atomic E-state index is 12.3. The number of hydrogen-bond donors (Lipinski definition) is 1. The van der Waals surface area contributed by atoms with Crippen LogP contribution in [0.2, 0.25) is 0 Å². The second-order valence-electron chi connectivity index (χ2n) is 5.65. The Balaban J connectivity index is 2.09. The van der Waals surface area contributed by atoms with E-state index < -0.39 is 0 Å². The van der Waals surface area contributed by atoms with E-state index in [1.807, 2.05) is 18.7 Å². The van der Waals surface area contributed by atoms with Crippen LogP contribution in [0, 0.1) is 5.92 Å². The molecule has 0 aromatic heterocycles. The van der Waals surface area contributed by atoms with Gasteiger partial charge >= 0.3 is 0 Å². The first kappa shape index (κ1) is 13.2. The van der Waals surface area contributed by atoms with Gasteiger partial charge in [-0.25, -0.2) is 0 Å². The molecular weight excluding hydrogens is 232 g/mol. The summed E-state index contributed by atoms with van der Waals surface area (Å²) in [7, 11) is 0. The second-order valence-corrected chi connectivity index (χ2v) is 6.79. The molecule has 2 aliphatic rings. The van der Waals surface area contributed by atoms with Gasteiger partial charge in [-0.15, -0.1) is 0 Å². The molecule has 1 amide bonds. The lowest BCUT2D eigenvalue weighted by atomic mass is 10.1. The second kappa shape index (κ2) is 5.19. The summed E-state index contributed by atoms with van der Waals surface area (Å²) in [6.07, 6.45) is 6.02. The van der Waals surface area contributed by atoms with Gasteiger partial charge in [0.2, 0.25) is 5.91 Å². The fourth-order valence-electron chi connectivity index (χ4n) is 3.07. The summed E-state index contributed by atoms with van der Waals surface area (Å²) in [6.45, 7) is 6.37. The number of carbonyl (C=O) groups excluding carboxylic acids is 1. The minimum atomic E-state index is -0.00395. The van der Waals surface area contributed by atoms with Crippen molar-refractivity contribution >= 4 is 17.7 Å². The zero-order chi connectivity index (χ0) is 12.6. The van der Waals surface area contributed by atoms with Crippen molar-refractivity contribution in [3.05, 3.63) is 0 Å². The van der Waals surface area contributed by atoms with Gasteiger partial charge < -0.3 is 4.90 Å². The van der Waals surface area contributed by atoms with Crippen LogP contribution in [0.3, 0.4) is 0 Å². The average molecular weight is 256 g/mol. The van der Waals surface area contributed by atoms with Gasteiger partial charge in [-0.3, -0.25) is 10.1 Å². The van der Waals surface area contributed by atoms with Crippen molar-refractivity contribution in [3.63, 3.8) is 0 Å². The van der Waals surface area contributed by atoms with E-state index in [-0.39, 0.29) is 12.2 Å². The van der Waals surface area contributed by atoms with Crippen molar-refractivity contribution in [1.82, 2.24) is 10.2 Å². The van der Waals surface area contributed by atoms with Gasteiger partial charge in [-0.2, -0.15) is 11.8 Å². The summed E-state index contributed by atoms with van der Waals surface area (Å²) in [5.74, 6) is 0.785. The van der Waals surface area contributed by atoms with Gasteiger partial charge in [-0.1, -0.05) is 13.8 Å². The Morgan fingerprint density at radius 3 is 2.65 bits per heavy atom. The molecule has 0 bridgehead atoms. The molecule has 1 aliphatic heterocycles. The number of carbonyl (C=O) groups is 1. The predicted molar refractivity (Wildman–Crippen MR) is 73.0 cm³/mol. The first-order chi connectivity index (χ1) is 8.04. The number of rotatable bonds is 3. The van der Waals surface area contributed by atoms with Crippen molar-refractivity contribution < 1.29 is 4.79 Å². The Labute approximate surface area is 109 Å². The molecule has 2 fully saturated rings. The standard InChI is InChI=1S/C13H24N2OS/c1-8(2)12-14-9(3)13(16)15(12)10-5-6-11(7-10)17-4/h8-12,14H,5-7H2,1-4H3. The van der Waals surface area contributed by atoms with Crippen LogP contribution in [0.15, 0.2) is 0 Å². The topological polar surface area (TPSA) is 32.3 Å². The SMILES string of the molecule is CSC1CCC(N2C(=O)C(C)NC2C(C)C)C1. The first-order valence-electron chi connectivity index (χ1n) is 6.65. The molecule has 0 spiro atoms. The summed E-state index contributed by atoms with van der Waals surface area (Å²) < 4.78 is 0. The van der Waals surface area contributed by atoms with Crippen LogP contribution in [-0.4, -0.2) is 40.6 Å². The summed E-state index contributed by atoms with van der Waals surface area (Å²) in [5.41, 5.74) is 0. The van der Waals surface area contributed by atoms with E-state index >= 15 is 0 Å². The monoisotopic (exact) mass is 256 g/mol. The van der Waals surface area contributed by atoms with Crippen LogP contribution in [-0.2, 0) is 4.79 Å². The maximum Gasteiger partial charge on any atom is 0.240 e. The number of thioether (sulfide) groups is 1. The Kier molecular flexibility index (Phi) is 4.03. The number of nitrogens with one attached hydrogen (secondary N) is 1. The van der Waals surface area contributed by atoms with E-state index in [4.69, 9.17) is 0 Å². The molecule has 0 aromatic rings. The minimum absolute atomic E-state index is 0.00395. The lowest BCUT2D eigenvalue weighted by Gasteiger charge is -2.32. The van der Waals surface area contributed by atoms with Crippen molar-refractivity contribution in [1.29, 1.82) is 0 Å². The lowest BCUT2D eigenvalue weighted by Crippen LogP contribution is -2.46. The van der Waals surface area contributed by atoms with Crippen molar-refractivity contribution in [2.75, 3.05) is 6.26 Å². The zero-order valence-corrected chi connectivity index (χ0v) is 12.1. The minimum Gasteiger partial charge on any atom is -0.323 e. The Morgan fingerprint density at radius 1 is 1.41 bits per heavy atom. The average Bonchev–Trinajstić information content (AvgIpc) is 2.85. The van der Waals surface area contributed by atoms with Crippen LogP contribution >= 0.6 is 11.8 Å². The number of nitrogens with zero attached hydrogens (tertiary/aromatic N) is 1. The molecule has 17 heavy (non-hydrogen) atoms. The number of hydrogen-bond acceptors (Lipinski definition) is 3. The van der Waals surface area contributed by atoms with Crippen molar-refractivity contribution in [2.45, 2.75) is 63.5 Å². The van der Waals surface area contributed by atoms with Crippen LogP contribution in [0.5, 0.6) is 0 Å². The molecule has 4 atom stereocenters. The Bertz CT molecular complexity index is 295. The Morgan fingerprint density at radius 2 is 2.12 bits per heavy atom. The highest BCUT2D eigenvalue weighted by Gasteiger charge is 2.43. The van der Waals surface area contributed by atoms with E-state index in [1.54, 1.807) is 0 Å². The summed E-state index contributed by atoms with van der Waals surface area (Å²) in [5, 5.41) is 4.18. The van der Waals surface area contributed by atoms with Crippen molar-refractivity contribution in [2.24, 2.45) is 5.92 Å². The molecule has 4 heteroatoms. The third-order valence-corrected chi connectivity index (χ3v) is 5.16. The predicted octanol–water partition coefficient (Wildman–Crippen LogP) is 2.07. The molecule has 98 valence electrons. The van der Waals surface area contributed by atoms with Gasteiger partial charge in [0.15, 0.2) is 0 Å². The fraction of sp³-hybridized carbons (Fsp3) is 0.923.